The Morgan fingerprint density at radius 3 is 2.29 bits per heavy atom. The summed E-state index contributed by atoms with van der Waals surface area (Å²) in [5, 5.41) is 0.961. The molecular formula is C30H34N2O3. The molecule has 0 aliphatic heterocycles. The smallest absolute Gasteiger partial charge is 0.340 e. The Balaban J connectivity index is 1.91. The number of fused-ring (bicyclic) bond motifs is 1. The molecule has 0 amide bonds. The van der Waals surface area contributed by atoms with E-state index in [-0.39, 0.29) is 6.61 Å². The lowest BCUT2D eigenvalue weighted by Gasteiger charge is -2.30. The van der Waals surface area contributed by atoms with Crippen molar-refractivity contribution in [2.75, 3.05) is 5.73 Å². The zero-order valence-corrected chi connectivity index (χ0v) is 21.4. The fraction of sp³-hybridized carbons (Fsp3) is 0.300. The van der Waals surface area contributed by atoms with Crippen molar-refractivity contribution < 1.29 is 14.3 Å². The number of aryl methyl sites for hydroxylation is 2. The molecule has 1 aromatic heterocycles. The highest BCUT2D eigenvalue weighted by Gasteiger charge is 2.34. The largest absolute Gasteiger partial charge is 0.459 e. The standard InChI is InChI=1S/C30H34N2O3/c1-18-12-14-22(15-13-18)25-23-16-19(2)32-27(23)26(31)20(3)24(25)28(35-30(4,5)6)29(33)34-17-21-10-8-7-9-11-21/h7-16,28,32H,17,31H2,1-6H3/t28-/m0/s1. The molecule has 0 bridgehead atoms. The second kappa shape index (κ2) is 9.59. The van der Waals surface area contributed by atoms with Crippen LogP contribution in [0.4, 0.5) is 5.69 Å². The molecule has 0 saturated carbocycles. The lowest BCUT2D eigenvalue weighted by atomic mass is 9.87. The number of esters is 1. The molecule has 35 heavy (non-hydrogen) atoms. The Morgan fingerprint density at radius 2 is 1.66 bits per heavy atom. The van der Waals surface area contributed by atoms with E-state index in [0.29, 0.717) is 5.69 Å². The fourth-order valence-electron chi connectivity index (χ4n) is 4.41. The molecule has 0 aliphatic rings. The third kappa shape index (κ3) is 5.25. The number of anilines is 1. The van der Waals surface area contributed by atoms with Crippen LogP contribution >= 0.6 is 0 Å². The number of aromatic nitrogens is 1. The SMILES string of the molecule is Cc1ccc(-c2c([C@H](OC(C)(C)C)C(=O)OCc3ccccc3)c(C)c(N)c3[nH]c(C)cc23)cc1. The molecule has 5 heteroatoms. The van der Waals surface area contributed by atoms with Gasteiger partial charge in [-0.25, -0.2) is 4.79 Å². The number of ether oxygens (including phenoxy) is 2. The van der Waals surface area contributed by atoms with Gasteiger partial charge in [-0.3, -0.25) is 0 Å². The summed E-state index contributed by atoms with van der Waals surface area (Å²) in [6.45, 7) is 12.0. The van der Waals surface area contributed by atoms with E-state index in [4.69, 9.17) is 15.2 Å². The molecule has 0 aliphatic carbocycles. The molecule has 0 fully saturated rings. The number of carbonyl (C=O) groups is 1. The van der Waals surface area contributed by atoms with E-state index in [1.165, 1.54) is 0 Å². The zero-order chi connectivity index (χ0) is 25.3. The van der Waals surface area contributed by atoms with Crippen molar-refractivity contribution in [3.8, 4) is 11.1 Å². The number of nitrogens with one attached hydrogen (secondary N) is 1. The third-order valence-corrected chi connectivity index (χ3v) is 6.08. The zero-order valence-electron chi connectivity index (χ0n) is 21.4. The fourth-order valence-corrected chi connectivity index (χ4v) is 4.41. The van der Waals surface area contributed by atoms with Gasteiger partial charge in [0.05, 0.1) is 16.8 Å². The summed E-state index contributed by atoms with van der Waals surface area (Å²) in [5.41, 5.74) is 14.1. The van der Waals surface area contributed by atoms with Crippen molar-refractivity contribution in [3.63, 3.8) is 0 Å². The van der Waals surface area contributed by atoms with Crippen LogP contribution in [0.1, 0.15) is 54.8 Å². The quantitative estimate of drug-likeness (QED) is 0.236. The molecule has 4 aromatic rings. The minimum absolute atomic E-state index is 0.170. The van der Waals surface area contributed by atoms with E-state index in [1.807, 2.05) is 65.0 Å². The number of aromatic amines is 1. The topological polar surface area (TPSA) is 77.3 Å². The summed E-state index contributed by atoms with van der Waals surface area (Å²) < 4.78 is 12.2. The van der Waals surface area contributed by atoms with Crippen LogP contribution in [-0.4, -0.2) is 16.6 Å². The summed E-state index contributed by atoms with van der Waals surface area (Å²) >= 11 is 0. The van der Waals surface area contributed by atoms with E-state index in [2.05, 4.69) is 42.2 Å². The monoisotopic (exact) mass is 470 g/mol. The average molecular weight is 471 g/mol. The number of rotatable bonds is 6. The Labute approximate surface area is 207 Å². The van der Waals surface area contributed by atoms with Gasteiger partial charge in [0.25, 0.3) is 0 Å². The van der Waals surface area contributed by atoms with Crippen LogP contribution in [0.25, 0.3) is 22.0 Å². The van der Waals surface area contributed by atoms with E-state index >= 15 is 0 Å². The van der Waals surface area contributed by atoms with E-state index in [1.54, 1.807) is 0 Å². The van der Waals surface area contributed by atoms with Crippen LogP contribution in [0.15, 0.2) is 60.7 Å². The van der Waals surface area contributed by atoms with Gasteiger partial charge in [-0.2, -0.15) is 0 Å². The Hall–Kier alpha value is -3.57. The first kappa shape index (κ1) is 24.6. The number of H-pyrrole nitrogens is 1. The molecule has 0 unspecified atom stereocenters. The van der Waals surface area contributed by atoms with Crippen molar-refractivity contribution in [3.05, 3.63) is 88.6 Å². The molecule has 0 spiro atoms. The highest BCUT2D eigenvalue weighted by molar-refractivity contribution is 6.06. The van der Waals surface area contributed by atoms with Gasteiger partial charge in [-0.05, 0) is 69.9 Å². The molecular weight excluding hydrogens is 436 g/mol. The van der Waals surface area contributed by atoms with Gasteiger partial charge in [0.1, 0.15) is 6.61 Å². The van der Waals surface area contributed by atoms with Crippen molar-refractivity contribution in [2.45, 2.75) is 59.9 Å². The Kier molecular flexibility index (Phi) is 6.73. The van der Waals surface area contributed by atoms with Crippen molar-refractivity contribution in [2.24, 2.45) is 0 Å². The predicted molar refractivity (Wildman–Crippen MR) is 142 cm³/mol. The molecule has 3 N–H and O–H groups in total. The van der Waals surface area contributed by atoms with E-state index in [0.717, 1.165) is 50.0 Å². The molecule has 1 heterocycles. The highest BCUT2D eigenvalue weighted by atomic mass is 16.6. The van der Waals surface area contributed by atoms with Gasteiger partial charge in [0.15, 0.2) is 6.10 Å². The van der Waals surface area contributed by atoms with Crippen molar-refractivity contribution >= 4 is 22.6 Å². The lowest BCUT2D eigenvalue weighted by Crippen LogP contribution is -2.29. The van der Waals surface area contributed by atoms with Crippen molar-refractivity contribution in [1.29, 1.82) is 0 Å². The van der Waals surface area contributed by atoms with Crippen LogP contribution in [0.5, 0.6) is 0 Å². The first-order valence-corrected chi connectivity index (χ1v) is 11.9. The summed E-state index contributed by atoms with van der Waals surface area (Å²) in [7, 11) is 0. The predicted octanol–water partition coefficient (Wildman–Crippen LogP) is 6.94. The van der Waals surface area contributed by atoms with E-state index < -0.39 is 17.7 Å². The average Bonchev–Trinajstić information content (AvgIpc) is 3.20. The second-order valence-electron chi connectivity index (χ2n) is 10.1. The number of nitrogens with two attached hydrogens (primary N) is 1. The molecule has 1 atom stereocenters. The summed E-state index contributed by atoms with van der Waals surface area (Å²) in [5.74, 6) is -0.439. The van der Waals surface area contributed by atoms with Gasteiger partial charge in [0.2, 0.25) is 0 Å². The van der Waals surface area contributed by atoms with E-state index in [9.17, 15) is 4.79 Å². The van der Waals surface area contributed by atoms with Crippen molar-refractivity contribution in [1.82, 2.24) is 4.98 Å². The Bertz CT molecular complexity index is 1350. The number of nitrogen functional groups attached to an aromatic ring is 1. The van der Waals surface area contributed by atoms with Crippen LogP contribution in [0, 0.1) is 20.8 Å². The number of hydrogen-bond acceptors (Lipinski definition) is 4. The third-order valence-electron chi connectivity index (χ3n) is 6.08. The molecule has 182 valence electrons. The molecule has 0 radical (unpaired) electrons. The Morgan fingerprint density at radius 1 is 1.00 bits per heavy atom. The first-order chi connectivity index (χ1) is 16.5. The summed E-state index contributed by atoms with van der Waals surface area (Å²) in [6.07, 6.45) is -0.947. The molecule has 4 rings (SSSR count). The van der Waals surface area contributed by atoms with Gasteiger partial charge in [0, 0.05) is 16.6 Å². The summed E-state index contributed by atoms with van der Waals surface area (Å²) in [4.78, 5) is 17.0. The van der Waals surface area contributed by atoms with Gasteiger partial charge < -0.3 is 20.2 Å². The highest BCUT2D eigenvalue weighted by Crippen LogP contribution is 2.44. The maximum absolute atomic E-state index is 13.6. The maximum atomic E-state index is 13.6. The van der Waals surface area contributed by atoms with Gasteiger partial charge >= 0.3 is 5.97 Å². The van der Waals surface area contributed by atoms with Gasteiger partial charge in [-0.15, -0.1) is 0 Å². The number of carbonyl (C=O) groups excluding carboxylic acids is 1. The van der Waals surface area contributed by atoms with Crippen LogP contribution < -0.4 is 5.73 Å². The van der Waals surface area contributed by atoms with Crippen LogP contribution in [-0.2, 0) is 20.9 Å². The second-order valence-corrected chi connectivity index (χ2v) is 10.1. The minimum atomic E-state index is -0.947. The van der Waals surface area contributed by atoms with Gasteiger partial charge in [-0.1, -0.05) is 60.2 Å². The summed E-state index contributed by atoms with van der Waals surface area (Å²) in [6, 6.07) is 20.0. The maximum Gasteiger partial charge on any atom is 0.340 e. The lowest BCUT2D eigenvalue weighted by molar-refractivity contribution is -0.168. The van der Waals surface area contributed by atoms with Crippen LogP contribution in [0.2, 0.25) is 0 Å². The molecule has 0 saturated heterocycles. The minimum Gasteiger partial charge on any atom is -0.459 e. The first-order valence-electron chi connectivity index (χ1n) is 11.9. The molecule has 5 nitrogen and oxygen atoms in total. The van der Waals surface area contributed by atoms with Crippen LogP contribution in [0.3, 0.4) is 0 Å². The number of hydrogen-bond donors (Lipinski definition) is 2. The normalized spacial score (nSPS) is 12.6. The molecule has 3 aromatic carbocycles. The number of benzene rings is 3.